The van der Waals surface area contributed by atoms with Crippen molar-refractivity contribution in [3.63, 3.8) is 0 Å². The fourth-order valence-corrected chi connectivity index (χ4v) is 5.06. The normalized spacial score (nSPS) is 16.7. The van der Waals surface area contributed by atoms with Gasteiger partial charge in [-0.05, 0) is 24.4 Å². The quantitative estimate of drug-likeness (QED) is 0.822. The van der Waals surface area contributed by atoms with Crippen LogP contribution in [0.4, 0.5) is 0 Å². The van der Waals surface area contributed by atoms with Crippen LogP contribution >= 0.6 is 11.3 Å². The maximum absolute atomic E-state index is 12.5. The Kier molecular flexibility index (Phi) is 4.26. The summed E-state index contributed by atoms with van der Waals surface area (Å²) in [4.78, 5) is 14.1. The number of hydrogen-bond donors (Lipinski definition) is 0. The summed E-state index contributed by atoms with van der Waals surface area (Å²) in [6, 6.07) is 5.08. The highest BCUT2D eigenvalue weighted by molar-refractivity contribution is 7.91. The van der Waals surface area contributed by atoms with E-state index in [2.05, 4.69) is 5.10 Å². The molecule has 0 atom stereocenters. The number of amides is 1. The number of carbonyl (C=O) groups is 1. The summed E-state index contributed by atoms with van der Waals surface area (Å²) in [5.74, 6) is -0.151. The van der Waals surface area contributed by atoms with E-state index in [1.54, 1.807) is 40.2 Å². The SMILES string of the molecule is Cc1cc(C(=O)N2CCN(S(=O)(=O)c3cccs3)CC2)nn1C. The number of carbonyl (C=O) groups excluding carboxylic acids is 1. The van der Waals surface area contributed by atoms with Crippen LogP contribution in [0.15, 0.2) is 27.8 Å². The average molecular weight is 354 g/mol. The predicted molar refractivity (Wildman–Crippen MR) is 86.9 cm³/mol. The summed E-state index contributed by atoms with van der Waals surface area (Å²) < 4.78 is 28.4. The van der Waals surface area contributed by atoms with Gasteiger partial charge >= 0.3 is 0 Å². The number of rotatable bonds is 3. The lowest BCUT2D eigenvalue weighted by atomic mass is 10.3. The molecular weight excluding hydrogens is 336 g/mol. The number of piperazine rings is 1. The zero-order valence-electron chi connectivity index (χ0n) is 13.0. The number of aryl methyl sites for hydroxylation is 2. The molecule has 2 aromatic rings. The summed E-state index contributed by atoms with van der Waals surface area (Å²) in [5.41, 5.74) is 1.31. The third kappa shape index (κ3) is 3.04. The standard InChI is InChI=1S/C14H18N4O3S2/c1-11-10-12(15-16(11)2)14(19)17-5-7-18(8-6-17)23(20,21)13-4-3-9-22-13/h3-4,9-10H,5-8H2,1-2H3. The van der Waals surface area contributed by atoms with Crippen molar-refractivity contribution in [3.8, 4) is 0 Å². The van der Waals surface area contributed by atoms with Gasteiger partial charge in [0.25, 0.3) is 15.9 Å². The summed E-state index contributed by atoms with van der Waals surface area (Å²) in [5, 5.41) is 5.94. The van der Waals surface area contributed by atoms with Gasteiger partial charge in [0.05, 0.1) is 0 Å². The fourth-order valence-electron chi connectivity index (χ4n) is 2.50. The average Bonchev–Trinajstić information content (AvgIpc) is 3.18. The monoisotopic (exact) mass is 354 g/mol. The Hall–Kier alpha value is -1.71. The zero-order valence-corrected chi connectivity index (χ0v) is 14.6. The third-order valence-electron chi connectivity index (χ3n) is 3.95. The highest BCUT2D eigenvalue weighted by Crippen LogP contribution is 2.22. The summed E-state index contributed by atoms with van der Waals surface area (Å²) in [6.45, 7) is 3.24. The molecule has 0 bridgehead atoms. The van der Waals surface area contributed by atoms with Crippen LogP contribution in [-0.4, -0.2) is 59.5 Å². The first-order chi connectivity index (χ1) is 10.9. The largest absolute Gasteiger partial charge is 0.335 e. The lowest BCUT2D eigenvalue weighted by Crippen LogP contribution is -2.50. The van der Waals surface area contributed by atoms with Crippen molar-refractivity contribution in [1.29, 1.82) is 0 Å². The lowest BCUT2D eigenvalue weighted by molar-refractivity contribution is 0.0691. The van der Waals surface area contributed by atoms with E-state index in [0.717, 1.165) is 5.69 Å². The lowest BCUT2D eigenvalue weighted by Gasteiger charge is -2.33. The molecule has 1 saturated heterocycles. The second-order valence-electron chi connectivity index (χ2n) is 5.42. The van der Waals surface area contributed by atoms with Crippen molar-refractivity contribution in [2.24, 2.45) is 7.05 Å². The second kappa shape index (κ2) is 6.06. The van der Waals surface area contributed by atoms with E-state index in [1.807, 2.05) is 6.92 Å². The van der Waals surface area contributed by atoms with Gasteiger partial charge in [0.15, 0.2) is 5.69 Å². The molecule has 0 spiro atoms. The molecule has 0 unspecified atom stereocenters. The Morgan fingerprint density at radius 2 is 1.96 bits per heavy atom. The van der Waals surface area contributed by atoms with Gasteiger partial charge in [-0.25, -0.2) is 8.42 Å². The first-order valence-electron chi connectivity index (χ1n) is 7.23. The van der Waals surface area contributed by atoms with E-state index in [4.69, 9.17) is 0 Å². The minimum Gasteiger partial charge on any atom is -0.335 e. The van der Waals surface area contributed by atoms with Gasteiger partial charge in [0.2, 0.25) is 0 Å². The molecule has 1 aliphatic heterocycles. The van der Waals surface area contributed by atoms with Gasteiger partial charge in [0, 0.05) is 38.9 Å². The molecule has 2 aromatic heterocycles. The molecule has 124 valence electrons. The van der Waals surface area contributed by atoms with Gasteiger partial charge in [-0.15, -0.1) is 11.3 Å². The Morgan fingerprint density at radius 1 is 1.26 bits per heavy atom. The van der Waals surface area contributed by atoms with Crippen LogP contribution < -0.4 is 0 Å². The van der Waals surface area contributed by atoms with Crippen LogP contribution in [0, 0.1) is 6.92 Å². The predicted octanol–water partition coefficient (Wildman–Crippen LogP) is 0.937. The zero-order chi connectivity index (χ0) is 16.6. The topological polar surface area (TPSA) is 75.5 Å². The van der Waals surface area contributed by atoms with Crippen LogP contribution in [0.3, 0.4) is 0 Å². The third-order valence-corrected chi connectivity index (χ3v) is 7.22. The van der Waals surface area contributed by atoms with E-state index in [1.165, 1.54) is 15.6 Å². The molecule has 3 rings (SSSR count). The molecule has 3 heterocycles. The molecule has 0 aromatic carbocycles. The molecule has 0 aliphatic carbocycles. The van der Waals surface area contributed by atoms with E-state index in [-0.39, 0.29) is 5.91 Å². The van der Waals surface area contributed by atoms with E-state index >= 15 is 0 Å². The van der Waals surface area contributed by atoms with Crippen molar-refractivity contribution in [2.45, 2.75) is 11.1 Å². The molecule has 7 nitrogen and oxygen atoms in total. The smallest absolute Gasteiger partial charge is 0.274 e. The van der Waals surface area contributed by atoms with E-state index < -0.39 is 10.0 Å². The first-order valence-corrected chi connectivity index (χ1v) is 9.55. The Labute approximate surface area is 139 Å². The number of nitrogens with zero attached hydrogens (tertiary/aromatic N) is 4. The van der Waals surface area contributed by atoms with Crippen LogP contribution in [0.1, 0.15) is 16.2 Å². The summed E-state index contributed by atoms with van der Waals surface area (Å²) >= 11 is 1.21. The fraction of sp³-hybridized carbons (Fsp3) is 0.429. The number of thiophene rings is 1. The van der Waals surface area contributed by atoms with Crippen molar-refractivity contribution in [1.82, 2.24) is 19.0 Å². The van der Waals surface area contributed by atoms with Crippen LogP contribution in [-0.2, 0) is 17.1 Å². The van der Waals surface area contributed by atoms with E-state index in [9.17, 15) is 13.2 Å². The molecule has 23 heavy (non-hydrogen) atoms. The molecule has 0 N–H and O–H groups in total. The van der Waals surface area contributed by atoms with Gasteiger partial charge in [-0.1, -0.05) is 6.07 Å². The van der Waals surface area contributed by atoms with Gasteiger partial charge in [-0.2, -0.15) is 9.40 Å². The Balaban J connectivity index is 1.68. The van der Waals surface area contributed by atoms with Gasteiger partial charge in [-0.3, -0.25) is 9.48 Å². The summed E-state index contributed by atoms with van der Waals surface area (Å²) in [7, 11) is -1.65. The van der Waals surface area contributed by atoms with Crippen LogP contribution in [0.5, 0.6) is 0 Å². The molecule has 1 amide bonds. The highest BCUT2D eigenvalue weighted by atomic mass is 32.2. The van der Waals surface area contributed by atoms with Crippen LogP contribution in [0.25, 0.3) is 0 Å². The highest BCUT2D eigenvalue weighted by Gasteiger charge is 2.31. The molecule has 1 aliphatic rings. The van der Waals surface area contributed by atoms with Crippen LogP contribution in [0.2, 0.25) is 0 Å². The molecule has 1 fully saturated rings. The maximum atomic E-state index is 12.5. The number of sulfonamides is 1. The van der Waals surface area contributed by atoms with Gasteiger partial charge in [0.1, 0.15) is 4.21 Å². The first kappa shape index (κ1) is 16.2. The molecule has 9 heteroatoms. The number of aromatic nitrogens is 2. The van der Waals surface area contributed by atoms with Crippen molar-refractivity contribution >= 4 is 27.3 Å². The second-order valence-corrected chi connectivity index (χ2v) is 8.54. The Morgan fingerprint density at radius 3 is 2.48 bits per heavy atom. The number of hydrogen-bond acceptors (Lipinski definition) is 5. The van der Waals surface area contributed by atoms with Gasteiger partial charge < -0.3 is 4.90 Å². The minimum absolute atomic E-state index is 0.151. The molecule has 0 saturated carbocycles. The van der Waals surface area contributed by atoms with E-state index in [0.29, 0.717) is 36.1 Å². The van der Waals surface area contributed by atoms with Crippen molar-refractivity contribution in [3.05, 3.63) is 35.0 Å². The van der Waals surface area contributed by atoms with Crippen molar-refractivity contribution < 1.29 is 13.2 Å². The molecule has 0 radical (unpaired) electrons. The Bertz CT molecular complexity index is 784. The molecular formula is C14H18N4O3S2. The summed E-state index contributed by atoms with van der Waals surface area (Å²) in [6.07, 6.45) is 0. The van der Waals surface area contributed by atoms with Crippen molar-refractivity contribution in [2.75, 3.05) is 26.2 Å². The maximum Gasteiger partial charge on any atom is 0.274 e. The minimum atomic E-state index is -3.44.